The normalized spacial score (nSPS) is 14.9. The zero-order chi connectivity index (χ0) is 13.5. The van der Waals surface area contributed by atoms with Gasteiger partial charge in [0.05, 0.1) is 6.42 Å². The first kappa shape index (κ1) is 14.1. The number of amides is 1. The molecule has 1 heterocycles. The Labute approximate surface area is 119 Å². The van der Waals surface area contributed by atoms with Crippen LogP contribution in [0.1, 0.15) is 18.4 Å². The van der Waals surface area contributed by atoms with Crippen molar-refractivity contribution in [2.75, 3.05) is 19.6 Å². The van der Waals surface area contributed by atoms with E-state index in [4.69, 9.17) is 11.6 Å². The monoisotopic (exact) mass is 278 g/mol. The zero-order valence-corrected chi connectivity index (χ0v) is 11.7. The van der Waals surface area contributed by atoms with Crippen molar-refractivity contribution in [1.82, 2.24) is 10.6 Å². The first-order chi connectivity index (χ1) is 9.25. The van der Waals surface area contributed by atoms with E-state index in [1.807, 2.05) is 24.3 Å². The Morgan fingerprint density at radius 3 is 2.95 bits per heavy atom. The third-order valence-electron chi connectivity index (χ3n) is 3.24. The summed E-state index contributed by atoms with van der Waals surface area (Å²) in [5, 5.41) is 6.87. The molecule has 2 N–H and O–H groups in total. The maximum Gasteiger partial charge on any atom is 0.224 e. The molecule has 1 aliphatic heterocycles. The summed E-state index contributed by atoms with van der Waals surface area (Å²) in [6.07, 6.45) is 4.58. The molecule has 1 aromatic carbocycles. The summed E-state index contributed by atoms with van der Waals surface area (Å²) in [4.78, 5) is 11.8. The van der Waals surface area contributed by atoms with Crippen LogP contribution in [-0.4, -0.2) is 25.5 Å². The molecule has 0 aliphatic carbocycles. The van der Waals surface area contributed by atoms with Crippen molar-refractivity contribution in [3.05, 3.63) is 46.5 Å². The molecule has 1 amide bonds. The van der Waals surface area contributed by atoms with Crippen LogP contribution in [0.2, 0.25) is 5.02 Å². The lowest BCUT2D eigenvalue weighted by molar-refractivity contribution is -0.120. The van der Waals surface area contributed by atoms with Gasteiger partial charge in [0, 0.05) is 18.1 Å². The lowest BCUT2D eigenvalue weighted by atomic mass is 10.1. The summed E-state index contributed by atoms with van der Waals surface area (Å²) < 4.78 is 0. The second kappa shape index (κ2) is 7.31. The molecule has 2 rings (SSSR count). The molecule has 0 spiro atoms. The molecule has 0 saturated heterocycles. The van der Waals surface area contributed by atoms with E-state index >= 15 is 0 Å². The fraction of sp³-hybridized carbons (Fsp3) is 0.400. The SMILES string of the molecule is O=C(Cc1ccccc1Cl)NCCC1=CCNCC1. The Balaban J connectivity index is 1.73. The van der Waals surface area contributed by atoms with E-state index < -0.39 is 0 Å². The highest BCUT2D eigenvalue weighted by Crippen LogP contribution is 2.15. The Hall–Kier alpha value is -1.32. The molecule has 1 aromatic rings. The van der Waals surface area contributed by atoms with Gasteiger partial charge >= 0.3 is 0 Å². The first-order valence-corrected chi connectivity index (χ1v) is 7.02. The van der Waals surface area contributed by atoms with Crippen molar-refractivity contribution in [3.8, 4) is 0 Å². The molecule has 0 atom stereocenters. The van der Waals surface area contributed by atoms with E-state index in [0.717, 1.165) is 31.5 Å². The number of rotatable bonds is 5. The second-order valence-electron chi connectivity index (χ2n) is 4.68. The average Bonchev–Trinajstić information content (AvgIpc) is 2.43. The zero-order valence-electron chi connectivity index (χ0n) is 10.9. The second-order valence-corrected chi connectivity index (χ2v) is 5.09. The molecule has 0 radical (unpaired) electrons. The van der Waals surface area contributed by atoms with Crippen LogP contribution in [0.5, 0.6) is 0 Å². The third kappa shape index (κ3) is 4.69. The Kier molecular flexibility index (Phi) is 5.43. The fourth-order valence-electron chi connectivity index (χ4n) is 2.14. The van der Waals surface area contributed by atoms with Crippen molar-refractivity contribution < 1.29 is 4.79 Å². The van der Waals surface area contributed by atoms with Gasteiger partial charge in [0.2, 0.25) is 5.91 Å². The minimum absolute atomic E-state index is 0.0302. The van der Waals surface area contributed by atoms with Crippen molar-refractivity contribution >= 4 is 17.5 Å². The highest BCUT2D eigenvalue weighted by Gasteiger charge is 2.07. The summed E-state index contributed by atoms with van der Waals surface area (Å²) >= 11 is 6.03. The molecule has 19 heavy (non-hydrogen) atoms. The fourth-order valence-corrected chi connectivity index (χ4v) is 2.34. The molecular formula is C15H19ClN2O. The number of carbonyl (C=O) groups is 1. The van der Waals surface area contributed by atoms with E-state index in [1.165, 1.54) is 5.57 Å². The van der Waals surface area contributed by atoms with Gasteiger partial charge in [-0.1, -0.05) is 41.4 Å². The van der Waals surface area contributed by atoms with Crippen LogP contribution < -0.4 is 10.6 Å². The van der Waals surface area contributed by atoms with E-state index in [0.29, 0.717) is 18.0 Å². The van der Waals surface area contributed by atoms with Gasteiger partial charge in [0.25, 0.3) is 0 Å². The van der Waals surface area contributed by atoms with Crippen LogP contribution in [0.3, 0.4) is 0 Å². The lowest BCUT2D eigenvalue weighted by Gasteiger charge is -2.14. The van der Waals surface area contributed by atoms with Crippen molar-refractivity contribution in [3.63, 3.8) is 0 Å². The number of halogens is 1. The van der Waals surface area contributed by atoms with Crippen LogP contribution in [0.15, 0.2) is 35.9 Å². The number of benzene rings is 1. The largest absolute Gasteiger partial charge is 0.355 e. The highest BCUT2D eigenvalue weighted by molar-refractivity contribution is 6.31. The predicted octanol–water partition coefficient (Wildman–Crippen LogP) is 2.31. The van der Waals surface area contributed by atoms with E-state index in [-0.39, 0.29) is 5.91 Å². The topological polar surface area (TPSA) is 41.1 Å². The lowest BCUT2D eigenvalue weighted by Crippen LogP contribution is -2.27. The van der Waals surface area contributed by atoms with Crippen LogP contribution in [0.4, 0.5) is 0 Å². The molecule has 0 aromatic heterocycles. The number of hydrogen-bond acceptors (Lipinski definition) is 2. The molecule has 0 bridgehead atoms. The van der Waals surface area contributed by atoms with E-state index in [9.17, 15) is 4.79 Å². The maximum atomic E-state index is 11.8. The predicted molar refractivity (Wildman–Crippen MR) is 78.4 cm³/mol. The summed E-state index contributed by atoms with van der Waals surface area (Å²) in [5.41, 5.74) is 2.31. The van der Waals surface area contributed by atoms with Crippen LogP contribution >= 0.6 is 11.6 Å². The summed E-state index contributed by atoms with van der Waals surface area (Å²) in [5.74, 6) is 0.0302. The van der Waals surface area contributed by atoms with Crippen LogP contribution in [-0.2, 0) is 11.2 Å². The van der Waals surface area contributed by atoms with Crippen LogP contribution in [0, 0.1) is 0 Å². The van der Waals surface area contributed by atoms with Gasteiger partial charge in [-0.05, 0) is 31.0 Å². The van der Waals surface area contributed by atoms with E-state index in [2.05, 4.69) is 16.7 Å². The van der Waals surface area contributed by atoms with Crippen LogP contribution in [0.25, 0.3) is 0 Å². The molecule has 0 saturated carbocycles. The third-order valence-corrected chi connectivity index (χ3v) is 3.60. The van der Waals surface area contributed by atoms with Crippen molar-refractivity contribution in [2.45, 2.75) is 19.3 Å². The number of nitrogens with one attached hydrogen (secondary N) is 2. The average molecular weight is 279 g/mol. The van der Waals surface area contributed by atoms with E-state index in [1.54, 1.807) is 0 Å². The first-order valence-electron chi connectivity index (χ1n) is 6.64. The Morgan fingerprint density at radius 1 is 1.37 bits per heavy atom. The Bertz CT molecular complexity index is 471. The maximum absolute atomic E-state index is 11.8. The molecule has 3 nitrogen and oxygen atoms in total. The molecular weight excluding hydrogens is 260 g/mol. The summed E-state index contributed by atoms with van der Waals surface area (Å²) in [6, 6.07) is 7.46. The van der Waals surface area contributed by atoms with Gasteiger partial charge in [-0.2, -0.15) is 0 Å². The highest BCUT2D eigenvalue weighted by atomic mass is 35.5. The molecule has 102 valence electrons. The molecule has 0 fully saturated rings. The van der Waals surface area contributed by atoms with Gasteiger partial charge in [-0.15, -0.1) is 0 Å². The quantitative estimate of drug-likeness (QED) is 0.812. The minimum Gasteiger partial charge on any atom is -0.355 e. The molecule has 1 aliphatic rings. The summed E-state index contributed by atoms with van der Waals surface area (Å²) in [6.45, 7) is 2.69. The smallest absolute Gasteiger partial charge is 0.224 e. The van der Waals surface area contributed by atoms with Gasteiger partial charge in [-0.25, -0.2) is 0 Å². The van der Waals surface area contributed by atoms with Crippen molar-refractivity contribution in [2.24, 2.45) is 0 Å². The standard InChI is InChI=1S/C15H19ClN2O/c16-14-4-2-1-3-13(14)11-15(19)18-10-7-12-5-8-17-9-6-12/h1-5,17H,6-11H2,(H,18,19). The van der Waals surface area contributed by atoms with Gasteiger partial charge < -0.3 is 10.6 Å². The molecule has 0 unspecified atom stereocenters. The Morgan fingerprint density at radius 2 is 2.21 bits per heavy atom. The number of carbonyl (C=O) groups excluding carboxylic acids is 1. The van der Waals surface area contributed by atoms with Gasteiger partial charge in [0.1, 0.15) is 0 Å². The number of hydrogen-bond donors (Lipinski definition) is 2. The minimum atomic E-state index is 0.0302. The van der Waals surface area contributed by atoms with Gasteiger partial charge in [0.15, 0.2) is 0 Å². The molecule has 4 heteroatoms. The summed E-state index contributed by atoms with van der Waals surface area (Å²) in [7, 11) is 0. The van der Waals surface area contributed by atoms with Gasteiger partial charge in [-0.3, -0.25) is 4.79 Å². The van der Waals surface area contributed by atoms with Crippen molar-refractivity contribution in [1.29, 1.82) is 0 Å².